The average molecular weight is 370 g/mol. The summed E-state index contributed by atoms with van der Waals surface area (Å²) in [7, 11) is 3.95. The van der Waals surface area contributed by atoms with Gasteiger partial charge < -0.3 is 14.4 Å². The zero-order chi connectivity index (χ0) is 19.1. The van der Waals surface area contributed by atoms with Crippen molar-refractivity contribution in [2.75, 3.05) is 20.7 Å². The number of piperidine rings is 1. The summed E-state index contributed by atoms with van der Waals surface area (Å²) in [5.41, 5.74) is 2.68. The van der Waals surface area contributed by atoms with Crippen LogP contribution in [-0.2, 0) is 16.6 Å². The highest BCUT2D eigenvalue weighted by molar-refractivity contribution is 5.91. The van der Waals surface area contributed by atoms with Crippen molar-refractivity contribution in [1.29, 1.82) is 0 Å². The minimum absolute atomic E-state index is 0.101. The maximum atomic E-state index is 13.6. The first-order valence-electron chi connectivity index (χ1n) is 10.4. The number of carbonyl (C=O) groups excluding carboxylic acids is 1. The lowest BCUT2D eigenvalue weighted by Crippen LogP contribution is -2.67. The number of ketones is 1. The van der Waals surface area contributed by atoms with Gasteiger partial charge in [-0.25, -0.2) is 0 Å². The van der Waals surface area contributed by atoms with E-state index in [2.05, 4.69) is 38.8 Å². The van der Waals surface area contributed by atoms with Crippen LogP contribution in [0.4, 0.5) is 0 Å². The molecule has 2 bridgehead atoms. The van der Waals surface area contributed by atoms with Crippen molar-refractivity contribution >= 4 is 5.78 Å². The van der Waals surface area contributed by atoms with Crippen LogP contribution in [0.1, 0.15) is 51.2 Å². The van der Waals surface area contributed by atoms with E-state index in [-0.39, 0.29) is 22.9 Å². The highest BCUT2D eigenvalue weighted by Gasteiger charge is 2.67. The quantitative estimate of drug-likeness (QED) is 0.798. The number of nitrogens with zero attached hydrogens (tertiary/aromatic N) is 1. The molecule has 0 amide bonds. The first kappa shape index (κ1) is 17.5. The molecule has 4 aliphatic rings. The minimum Gasteiger partial charge on any atom is -0.493 e. The lowest BCUT2D eigenvalue weighted by atomic mass is 9.49. The van der Waals surface area contributed by atoms with Gasteiger partial charge in [-0.1, -0.05) is 26.8 Å². The fourth-order valence-electron chi connectivity index (χ4n) is 6.68. The van der Waals surface area contributed by atoms with E-state index in [0.717, 1.165) is 43.7 Å². The average Bonchev–Trinajstić information content (AvgIpc) is 2.95. The van der Waals surface area contributed by atoms with E-state index in [0.29, 0.717) is 17.7 Å². The Morgan fingerprint density at radius 3 is 2.81 bits per heavy atom. The van der Waals surface area contributed by atoms with E-state index in [1.807, 2.05) is 6.07 Å². The number of Topliss-reactive ketones (excluding diaryl/α,β-unsaturated/α-hetero) is 1. The van der Waals surface area contributed by atoms with E-state index in [9.17, 15) is 4.79 Å². The number of carbonyl (C=O) groups is 1. The molecule has 0 radical (unpaired) electrons. The molecule has 1 spiro atoms. The van der Waals surface area contributed by atoms with E-state index in [1.165, 1.54) is 11.1 Å². The molecular weight excluding hydrogens is 338 g/mol. The number of methoxy groups -OCH3 is 1. The van der Waals surface area contributed by atoms with Gasteiger partial charge in [-0.05, 0) is 62.2 Å². The third-order valence-corrected chi connectivity index (χ3v) is 7.65. The number of likely N-dealkylation sites (N-methyl/N-ethyl adjacent to an activating group) is 1. The number of rotatable bonds is 2. The summed E-state index contributed by atoms with van der Waals surface area (Å²) in [5.74, 6) is 2.57. The van der Waals surface area contributed by atoms with Gasteiger partial charge >= 0.3 is 0 Å². The highest BCUT2D eigenvalue weighted by atomic mass is 16.5. The Morgan fingerprint density at radius 1 is 1.33 bits per heavy atom. The molecule has 3 unspecified atom stereocenters. The topological polar surface area (TPSA) is 38.8 Å². The highest BCUT2D eigenvalue weighted by Crippen LogP contribution is 2.64. The lowest BCUT2D eigenvalue weighted by Gasteiger charge is -2.58. The molecular formula is C23H31NO3. The van der Waals surface area contributed by atoms with Crippen LogP contribution >= 0.6 is 0 Å². The molecule has 1 aromatic carbocycles. The summed E-state index contributed by atoms with van der Waals surface area (Å²) in [4.78, 5) is 16.2. The summed E-state index contributed by atoms with van der Waals surface area (Å²) < 4.78 is 12.1. The number of likely N-dealkylation sites (tertiary alicyclic amines) is 1. The van der Waals surface area contributed by atoms with Gasteiger partial charge in [0, 0.05) is 22.9 Å². The fraction of sp³-hybridized carbons (Fsp3) is 0.696. The second-order valence-electron chi connectivity index (χ2n) is 10.4. The summed E-state index contributed by atoms with van der Waals surface area (Å²) in [6, 6.07) is 4.74. The minimum atomic E-state index is -0.329. The second kappa shape index (κ2) is 5.50. The molecule has 5 atom stereocenters. The summed E-state index contributed by atoms with van der Waals surface area (Å²) in [6.07, 6.45) is 3.68. The normalized spacial score (nSPS) is 37.0. The smallest absolute Gasteiger partial charge is 0.177 e. The zero-order valence-electron chi connectivity index (χ0n) is 17.2. The largest absolute Gasteiger partial charge is 0.493 e. The van der Waals surface area contributed by atoms with Gasteiger partial charge in [0.1, 0.15) is 0 Å². The molecule has 4 nitrogen and oxygen atoms in total. The van der Waals surface area contributed by atoms with Gasteiger partial charge in [0.2, 0.25) is 0 Å². The molecule has 0 N–H and O–H groups in total. The van der Waals surface area contributed by atoms with E-state index < -0.39 is 0 Å². The molecule has 1 aromatic rings. The fourth-order valence-corrected chi connectivity index (χ4v) is 6.68. The van der Waals surface area contributed by atoms with Crippen LogP contribution in [0.2, 0.25) is 0 Å². The number of hydrogen-bond acceptors (Lipinski definition) is 4. The van der Waals surface area contributed by atoms with Gasteiger partial charge in [-0.15, -0.1) is 0 Å². The number of hydrogen-bond donors (Lipinski definition) is 0. The monoisotopic (exact) mass is 369 g/mol. The predicted molar refractivity (Wildman–Crippen MR) is 105 cm³/mol. The van der Waals surface area contributed by atoms with Crippen LogP contribution in [0.25, 0.3) is 0 Å². The summed E-state index contributed by atoms with van der Waals surface area (Å²) in [5, 5.41) is 0. The Bertz CT molecular complexity index is 811. The summed E-state index contributed by atoms with van der Waals surface area (Å²) >= 11 is 0. The van der Waals surface area contributed by atoms with E-state index in [4.69, 9.17) is 9.47 Å². The Morgan fingerprint density at radius 2 is 2.11 bits per heavy atom. The van der Waals surface area contributed by atoms with Crippen LogP contribution in [0.5, 0.6) is 11.5 Å². The van der Waals surface area contributed by atoms with Crippen molar-refractivity contribution in [3.05, 3.63) is 23.3 Å². The SMILES string of the molecule is COc1ccc2c3c1O[C@H]1C(=O)[C@@H](CC(C)(C)C)CC4C(C2)N(C)CCC341. The Balaban J connectivity index is 1.68. The van der Waals surface area contributed by atoms with Crippen molar-refractivity contribution in [2.45, 2.75) is 64.0 Å². The van der Waals surface area contributed by atoms with Gasteiger partial charge in [0.05, 0.1) is 7.11 Å². The molecule has 2 aliphatic carbocycles. The molecule has 2 fully saturated rings. The zero-order valence-corrected chi connectivity index (χ0v) is 17.2. The molecule has 146 valence electrons. The maximum Gasteiger partial charge on any atom is 0.177 e. The van der Waals surface area contributed by atoms with Crippen molar-refractivity contribution in [3.63, 3.8) is 0 Å². The van der Waals surface area contributed by atoms with Crippen molar-refractivity contribution < 1.29 is 14.3 Å². The van der Waals surface area contributed by atoms with Crippen molar-refractivity contribution in [3.8, 4) is 11.5 Å². The molecule has 5 rings (SSSR count). The molecule has 1 saturated heterocycles. The Labute approximate surface area is 162 Å². The Kier molecular flexibility index (Phi) is 3.57. The van der Waals surface area contributed by atoms with Crippen LogP contribution < -0.4 is 9.47 Å². The maximum absolute atomic E-state index is 13.6. The predicted octanol–water partition coefficient (Wildman–Crippen LogP) is 3.60. The van der Waals surface area contributed by atoms with Gasteiger partial charge in [-0.3, -0.25) is 4.79 Å². The van der Waals surface area contributed by atoms with Crippen molar-refractivity contribution in [2.24, 2.45) is 17.3 Å². The van der Waals surface area contributed by atoms with Crippen LogP contribution in [0.15, 0.2) is 12.1 Å². The summed E-state index contributed by atoms with van der Waals surface area (Å²) in [6.45, 7) is 7.76. The number of benzene rings is 1. The Hall–Kier alpha value is -1.55. The number of ether oxygens (including phenoxy) is 2. The molecule has 4 heteroatoms. The van der Waals surface area contributed by atoms with Gasteiger partial charge in [-0.2, -0.15) is 0 Å². The van der Waals surface area contributed by atoms with Crippen LogP contribution in [-0.4, -0.2) is 43.5 Å². The van der Waals surface area contributed by atoms with E-state index in [1.54, 1.807) is 7.11 Å². The standard InChI is InChI=1S/C23H31NO3/c1-22(2,3)12-14-10-15-16-11-13-6-7-17(26-5)20-18(13)23(15,8-9-24(16)4)21(27-20)19(14)25/h6-7,14-16,21H,8-12H2,1-5H3/t14-,15?,16?,21+,23?/m1/s1. The van der Waals surface area contributed by atoms with Crippen molar-refractivity contribution in [1.82, 2.24) is 4.90 Å². The van der Waals surface area contributed by atoms with Gasteiger partial charge in [0.15, 0.2) is 23.4 Å². The van der Waals surface area contributed by atoms with Gasteiger partial charge in [0.25, 0.3) is 0 Å². The second-order valence-corrected chi connectivity index (χ2v) is 10.4. The first-order chi connectivity index (χ1) is 12.8. The molecule has 1 saturated carbocycles. The molecule has 2 heterocycles. The molecule has 0 aromatic heterocycles. The van der Waals surface area contributed by atoms with Crippen LogP contribution in [0, 0.1) is 17.3 Å². The lowest BCUT2D eigenvalue weighted by molar-refractivity contribution is -0.146. The molecule has 2 aliphatic heterocycles. The third kappa shape index (κ3) is 2.22. The molecule has 27 heavy (non-hydrogen) atoms. The first-order valence-corrected chi connectivity index (χ1v) is 10.4. The third-order valence-electron chi connectivity index (χ3n) is 7.65. The van der Waals surface area contributed by atoms with E-state index >= 15 is 0 Å². The van der Waals surface area contributed by atoms with Crippen LogP contribution in [0.3, 0.4) is 0 Å².